The Morgan fingerprint density at radius 2 is 1.44 bits per heavy atom. The molecule has 1 aromatic heterocycles. The molecule has 0 spiro atoms. The molecule has 0 saturated carbocycles. The molecule has 0 saturated heterocycles. The Bertz CT molecular complexity index is 2520. The zero-order valence-corrected chi connectivity index (χ0v) is 37.6. The van der Waals surface area contributed by atoms with Crippen LogP contribution in [-0.4, -0.2) is 97.6 Å². The molecule has 0 aliphatic rings. The van der Waals surface area contributed by atoms with E-state index in [1.165, 1.54) is 13.3 Å². The third-order valence-electron chi connectivity index (χ3n) is 9.45. The number of aryl methyl sites for hydroxylation is 1. The van der Waals surface area contributed by atoms with Gasteiger partial charge in [0.2, 0.25) is 33.6 Å². The first kappa shape index (κ1) is 48.4. The first-order valence-corrected chi connectivity index (χ1v) is 25.0. The van der Waals surface area contributed by atoms with Crippen LogP contribution in [0.2, 0.25) is 0 Å². The van der Waals surface area contributed by atoms with Gasteiger partial charge in [0.25, 0.3) is 10.0 Å². The van der Waals surface area contributed by atoms with Crippen molar-refractivity contribution in [2.45, 2.75) is 75.2 Å². The molecule has 4 rings (SSSR count). The van der Waals surface area contributed by atoms with Crippen LogP contribution in [0.4, 0.5) is 0 Å². The molecule has 0 bridgehead atoms. The van der Waals surface area contributed by atoms with Gasteiger partial charge in [-0.05, 0) is 80.3 Å². The van der Waals surface area contributed by atoms with Crippen molar-refractivity contribution in [3.05, 3.63) is 111 Å². The lowest BCUT2D eigenvalue weighted by atomic mass is 10.0. The number of carbonyl (C=O) groups excluding carboxylic acids is 3. The van der Waals surface area contributed by atoms with Gasteiger partial charge in [0.15, 0.2) is 5.01 Å². The van der Waals surface area contributed by atoms with E-state index in [2.05, 4.69) is 30.1 Å². The molecule has 3 aromatic carbocycles. The molecule has 17 nitrogen and oxygen atoms in total. The van der Waals surface area contributed by atoms with Crippen LogP contribution in [-0.2, 0) is 51.6 Å². The van der Waals surface area contributed by atoms with Gasteiger partial charge in [-0.1, -0.05) is 60.7 Å². The molecule has 330 valence electrons. The summed E-state index contributed by atoms with van der Waals surface area (Å²) in [7, 11) is -10.5. The van der Waals surface area contributed by atoms with Gasteiger partial charge < -0.3 is 21.1 Å². The molecule has 0 fully saturated rings. The van der Waals surface area contributed by atoms with Crippen LogP contribution in [0.25, 0.3) is 0 Å². The number of carbonyl (C=O) groups is 3. The van der Waals surface area contributed by atoms with Crippen molar-refractivity contribution in [1.29, 1.82) is 0 Å². The maximum absolute atomic E-state index is 14.0. The van der Waals surface area contributed by atoms with E-state index in [-0.39, 0.29) is 35.7 Å². The maximum atomic E-state index is 14.0. The number of rotatable bonds is 22. The number of guanidine groups is 1. The van der Waals surface area contributed by atoms with Crippen molar-refractivity contribution in [2.75, 3.05) is 25.7 Å². The van der Waals surface area contributed by atoms with E-state index in [9.17, 15) is 39.6 Å². The summed E-state index contributed by atoms with van der Waals surface area (Å²) >= 11 is 1.03. The number of sulfonamides is 2. The number of hydrogen-bond acceptors (Lipinski definition) is 13. The quantitative estimate of drug-likeness (QED) is 0.0330. The molecular formula is C40H51N7O10S4. The normalized spacial score (nSPS) is 13.8. The van der Waals surface area contributed by atoms with Crippen molar-refractivity contribution < 1.29 is 44.4 Å². The molecule has 3 atom stereocenters. The van der Waals surface area contributed by atoms with Crippen molar-refractivity contribution in [3.8, 4) is 5.75 Å². The van der Waals surface area contributed by atoms with Crippen LogP contribution in [0.5, 0.6) is 5.75 Å². The summed E-state index contributed by atoms with van der Waals surface area (Å²) in [5.74, 6) is -3.24. The van der Waals surface area contributed by atoms with Gasteiger partial charge in [0.05, 0.1) is 29.6 Å². The van der Waals surface area contributed by atoms with E-state index in [1.807, 2.05) is 0 Å². The fourth-order valence-corrected chi connectivity index (χ4v) is 10.5. The predicted octanol–water partition coefficient (Wildman–Crippen LogP) is 2.47. The Hall–Kier alpha value is -5.22. The predicted molar refractivity (Wildman–Crippen MR) is 234 cm³/mol. The monoisotopic (exact) mass is 917 g/mol. The van der Waals surface area contributed by atoms with Crippen molar-refractivity contribution in [3.63, 3.8) is 0 Å². The molecule has 2 amide bonds. The van der Waals surface area contributed by atoms with Gasteiger partial charge in [0.1, 0.15) is 27.7 Å². The topological polar surface area (TPSA) is 262 Å². The number of aromatic nitrogens is 1. The van der Waals surface area contributed by atoms with Crippen molar-refractivity contribution in [2.24, 2.45) is 10.7 Å². The lowest BCUT2D eigenvalue weighted by Gasteiger charge is -2.25. The van der Waals surface area contributed by atoms with Gasteiger partial charge in [-0.25, -0.2) is 39.7 Å². The molecule has 0 radical (unpaired) electrons. The second kappa shape index (κ2) is 21.5. The summed E-state index contributed by atoms with van der Waals surface area (Å²) in [5.41, 5.74) is 8.60. The Kier molecular flexibility index (Phi) is 17.1. The molecule has 0 aliphatic carbocycles. The van der Waals surface area contributed by atoms with Crippen LogP contribution in [0.3, 0.4) is 0 Å². The highest BCUT2D eigenvalue weighted by atomic mass is 32.2. The average Bonchev–Trinajstić information content (AvgIpc) is 3.73. The second-order valence-corrected chi connectivity index (χ2v) is 20.9. The molecule has 4 aromatic rings. The molecule has 21 heteroatoms. The molecule has 0 unspecified atom stereocenters. The first-order chi connectivity index (χ1) is 28.7. The summed E-state index contributed by atoms with van der Waals surface area (Å²) in [6.45, 7) is 4.92. The Balaban J connectivity index is 1.53. The summed E-state index contributed by atoms with van der Waals surface area (Å²) in [6.07, 6.45) is 1.91. The van der Waals surface area contributed by atoms with E-state index < -0.39 is 89.5 Å². The number of ether oxygens (including phenoxy) is 1. The van der Waals surface area contributed by atoms with E-state index in [4.69, 9.17) is 10.5 Å². The number of amides is 2. The minimum Gasteiger partial charge on any atom is -0.496 e. The highest BCUT2D eigenvalue weighted by Crippen LogP contribution is 2.30. The number of nitrogens with one attached hydrogen (secondary N) is 4. The number of nitrogens with two attached hydrogens (primary N) is 1. The van der Waals surface area contributed by atoms with E-state index >= 15 is 0 Å². The molecule has 61 heavy (non-hydrogen) atoms. The highest BCUT2D eigenvalue weighted by molar-refractivity contribution is 7.90. The summed E-state index contributed by atoms with van der Waals surface area (Å²) < 4.78 is 87.9. The fourth-order valence-electron chi connectivity index (χ4n) is 6.36. The molecule has 6 N–H and O–H groups in total. The maximum Gasteiger partial charge on any atom is 0.264 e. The summed E-state index contributed by atoms with van der Waals surface area (Å²) in [4.78, 5) is 49.8. The molecular weight excluding hydrogens is 867 g/mol. The van der Waals surface area contributed by atoms with Crippen molar-refractivity contribution >= 4 is 64.8 Å². The number of sulfone groups is 1. The van der Waals surface area contributed by atoms with Gasteiger partial charge in [0, 0.05) is 24.4 Å². The van der Waals surface area contributed by atoms with Gasteiger partial charge >= 0.3 is 0 Å². The number of aliphatic imine (C=N–C) groups is 1. The number of thiazole rings is 1. The van der Waals surface area contributed by atoms with Crippen LogP contribution < -0.4 is 30.5 Å². The molecule has 0 aliphatic heterocycles. The number of hydrogen-bond donors (Lipinski definition) is 5. The largest absolute Gasteiger partial charge is 0.496 e. The zero-order chi connectivity index (χ0) is 45.0. The summed E-state index contributed by atoms with van der Waals surface area (Å²) in [6, 6.07) is 14.3. The Morgan fingerprint density at radius 1 is 0.836 bits per heavy atom. The summed E-state index contributed by atoms with van der Waals surface area (Å²) in [5, 5.41) is 6.78. The zero-order valence-electron chi connectivity index (χ0n) is 34.4. The number of Topliss-reactive ketones (excluding diaryl/α,β-unsaturated/α-hetero) is 1. The third kappa shape index (κ3) is 14.7. The van der Waals surface area contributed by atoms with E-state index in [1.54, 1.807) is 92.9 Å². The SMILES string of the molecule is COc1cc(C)c(S(=O)(=O)NC(N)=NCCC[C@H](NC(=O)[C@H](CCS(C)(=O)=O)NC(=O)[C@@H](Cc2ccccc2)NS(=O)(=O)Cc2ccccc2)C(=O)c2nccs2)c(C)c1C. The third-order valence-corrected chi connectivity index (χ3v) is 14.2. The van der Waals surface area contributed by atoms with Gasteiger partial charge in [-0.2, -0.15) is 0 Å². The molecule has 1 heterocycles. The Morgan fingerprint density at radius 3 is 2.03 bits per heavy atom. The smallest absolute Gasteiger partial charge is 0.264 e. The van der Waals surface area contributed by atoms with Crippen molar-refractivity contribution in [1.82, 2.24) is 25.1 Å². The number of ketones is 1. The standard InChI is InChI=1S/C40H51N7O10S4/c1-26-23-34(57-4)27(2)28(3)36(26)61(55,56)47-40(41)43-19-12-17-31(35(48)39-42-20-21-58-39)44-37(49)32(18-22-59(5,51)52)45-38(50)33(24-29-13-8-6-9-14-29)46-60(53,54)25-30-15-10-7-11-16-30/h6-11,13-16,20-21,23,31-33,46H,12,17-19,22,24-25H2,1-5H3,(H,44,49)(H,45,50)(H3,41,43,47)/t31-,32-,33+/m0/s1. The van der Waals surface area contributed by atoms with Crippen LogP contribution in [0.1, 0.15) is 56.9 Å². The number of benzene rings is 3. The average molecular weight is 918 g/mol. The van der Waals surface area contributed by atoms with E-state index in [0.717, 1.165) is 17.6 Å². The van der Waals surface area contributed by atoms with E-state index in [0.29, 0.717) is 33.6 Å². The van der Waals surface area contributed by atoms with Crippen LogP contribution in [0.15, 0.2) is 88.2 Å². The van der Waals surface area contributed by atoms with Crippen LogP contribution in [0, 0.1) is 20.8 Å². The highest BCUT2D eigenvalue weighted by Gasteiger charge is 2.32. The lowest BCUT2D eigenvalue weighted by molar-refractivity contribution is -0.130. The Labute approximate surface area is 361 Å². The fraction of sp³-hybridized carbons (Fsp3) is 0.375. The van der Waals surface area contributed by atoms with Gasteiger partial charge in [-0.3, -0.25) is 19.4 Å². The number of nitrogens with zero attached hydrogens (tertiary/aromatic N) is 2. The lowest BCUT2D eigenvalue weighted by Crippen LogP contribution is -2.56. The minimum atomic E-state index is -4.16. The first-order valence-electron chi connectivity index (χ1n) is 19.0. The van der Waals surface area contributed by atoms with Gasteiger partial charge in [-0.15, -0.1) is 11.3 Å². The second-order valence-electron chi connectivity index (χ2n) is 14.3. The number of methoxy groups -OCH3 is 1. The minimum absolute atomic E-state index is 0.0225. The van der Waals surface area contributed by atoms with Crippen LogP contribution >= 0.6 is 11.3 Å².